The number of benzene rings is 1. The molecule has 1 fully saturated rings. The van der Waals surface area contributed by atoms with Crippen LogP contribution >= 0.6 is 0 Å². The van der Waals surface area contributed by atoms with Crippen LogP contribution in [0.15, 0.2) is 41.2 Å². The Morgan fingerprint density at radius 2 is 1.89 bits per heavy atom. The highest BCUT2D eigenvalue weighted by atomic mass is 19.1. The van der Waals surface area contributed by atoms with Crippen LogP contribution in [0, 0.1) is 5.82 Å². The van der Waals surface area contributed by atoms with E-state index in [2.05, 4.69) is 10.3 Å². The Labute approximate surface area is 220 Å². The fourth-order valence-corrected chi connectivity index (χ4v) is 4.55. The van der Waals surface area contributed by atoms with E-state index in [4.69, 9.17) is 4.74 Å². The standard InChI is InChI=1S/C28H33FN4O5/c1-18(2)38-16-12-30-27(36)24-26(35)25-22(11-10-21(31-25)17-19-6-8-20(29)9-7-19)33(28(24)37)15-14-32-13-4-3-5-23(32)34/h6-11,18,35H,3-5,12-17H2,1-2H3,(H,30,36). The summed E-state index contributed by atoms with van der Waals surface area (Å²) in [5.74, 6) is -1.53. The van der Waals surface area contributed by atoms with E-state index in [1.165, 1.54) is 16.7 Å². The van der Waals surface area contributed by atoms with E-state index in [1.54, 1.807) is 29.2 Å². The van der Waals surface area contributed by atoms with Crippen LogP contribution in [0.2, 0.25) is 0 Å². The smallest absolute Gasteiger partial charge is 0.267 e. The Morgan fingerprint density at radius 3 is 2.61 bits per heavy atom. The molecule has 0 aliphatic carbocycles. The highest BCUT2D eigenvalue weighted by Crippen LogP contribution is 2.26. The topological polar surface area (TPSA) is 114 Å². The number of likely N-dealkylation sites (tertiary alicyclic amines) is 1. The van der Waals surface area contributed by atoms with Crippen LogP contribution in [-0.2, 0) is 22.5 Å². The van der Waals surface area contributed by atoms with Crippen molar-refractivity contribution in [3.8, 4) is 5.75 Å². The molecule has 0 atom stereocenters. The van der Waals surface area contributed by atoms with Gasteiger partial charge in [0.2, 0.25) is 5.91 Å². The van der Waals surface area contributed by atoms with Crippen LogP contribution in [-0.4, -0.2) is 63.7 Å². The zero-order chi connectivity index (χ0) is 27.2. The lowest BCUT2D eigenvalue weighted by atomic mass is 10.1. The Kier molecular flexibility index (Phi) is 8.73. The number of hydrogen-bond acceptors (Lipinski definition) is 6. The number of fused-ring (bicyclic) bond motifs is 1. The van der Waals surface area contributed by atoms with Gasteiger partial charge in [-0.05, 0) is 56.5 Å². The van der Waals surface area contributed by atoms with Gasteiger partial charge in [-0.15, -0.1) is 0 Å². The lowest BCUT2D eigenvalue weighted by Gasteiger charge is -2.27. The molecule has 1 aliphatic heterocycles. The summed E-state index contributed by atoms with van der Waals surface area (Å²) in [7, 11) is 0. The number of nitrogens with zero attached hydrogens (tertiary/aromatic N) is 3. The molecule has 38 heavy (non-hydrogen) atoms. The average molecular weight is 525 g/mol. The van der Waals surface area contributed by atoms with Crippen molar-refractivity contribution in [2.24, 2.45) is 0 Å². The van der Waals surface area contributed by atoms with Crippen LogP contribution in [0.1, 0.15) is 54.7 Å². The van der Waals surface area contributed by atoms with Gasteiger partial charge in [0, 0.05) is 44.7 Å². The summed E-state index contributed by atoms with van der Waals surface area (Å²) < 4.78 is 20.2. The average Bonchev–Trinajstić information content (AvgIpc) is 2.89. The molecule has 0 unspecified atom stereocenters. The second-order valence-corrected chi connectivity index (χ2v) is 9.67. The lowest BCUT2D eigenvalue weighted by molar-refractivity contribution is -0.133. The van der Waals surface area contributed by atoms with Crippen LogP contribution in [0.5, 0.6) is 5.75 Å². The van der Waals surface area contributed by atoms with Gasteiger partial charge >= 0.3 is 0 Å². The predicted octanol–water partition coefficient (Wildman–Crippen LogP) is 3.00. The van der Waals surface area contributed by atoms with Gasteiger partial charge in [-0.25, -0.2) is 9.37 Å². The van der Waals surface area contributed by atoms with Gasteiger partial charge in [-0.3, -0.25) is 14.4 Å². The maximum atomic E-state index is 13.5. The van der Waals surface area contributed by atoms with Crippen LogP contribution in [0.4, 0.5) is 4.39 Å². The molecule has 2 N–H and O–H groups in total. The molecule has 0 spiro atoms. The maximum Gasteiger partial charge on any atom is 0.267 e. The van der Waals surface area contributed by atoms with Gasteiger partial charge in [0.05, 0.1) is 18.2 Å². The Morgan fingerprint density at radius 1 is 1.13 bits per heavy atom. The van der Waals surface area contributed by atoms with E-state index in [0.717, 1.165) is 18.4 Å². The number of hydrogen-bond donors (Lipinski definition) is 2. The van der Waals surface area contributed by atoms with Gasteiger partial charge in [-0.1, -0.05) is 12.1 Å². The first kappa shape index (κ1) is 27.3. The van der Waals surface area contributed by atoms with E-state index in [0.29, 0.717) is 37.1 Å². The van der Waals surface area contributed by atoms with Gasteiger partial charge in [0.15, 0.2) is 5.75 Å². The van der Waals surface area contributed by atoms with Crippen LogP contribution < -0.4 is 10.9 Å². The minimum atomic E-state index is -0.727. The zero-order valence-electron chi connectivity index (χ0n) is 21.7. The van der Waals surface area contributed by atoms with Gasteiger partial charge in [0.25, 0.3) is 11.5 Å². The fraction of sp³-hybridized carbons (Fsp3) is 0.429. The summed E-state index contributed by atoms with van der Waals surface area (Å²) in [5.41, 5.74) is 0.802. The first-order chi connectivity index (χ1) is 18.2. The van der Waals surface area contributed by atoms with Crippen molar-refractivity contribution in [1.29, 1.82) is 0 Å². The van der Waals surface area contributed by atoms with E-state index in [-0.39, 0.29) is 43.0 Å². The fourth-order valence-electron chi connectivity index (χ4n) is 4.55. The number of aromatic hydroxyl groups is 1. The van der Waals surface area contributed by atoms with Gasteiger partial charge < -0.3 is 24.6 Å². The number of piperidine rings is 1. The quantitative estimate of drug-likeness (QED) is 0.394. The highest BCUT2D eigenvalue weighted by Gasteiger charge is 2.25. The van der Waals surface area contributed by atoms with E-state index >= 15 is 0 Å². The number of ether oxygens (including phenoxy) is 1. The zero-order valence-corrected chi connectivity index (χ0v) is 21.7. The predicted molar refractivity (Wildman–Crippen MR) is 141 cm³/mol. The molecular weight excluding hydrogens is 491 g/mol. The van der Waals surface area contributed by atoms with E-state index in [9.17, 15) is 23.9 Å². The SMILES string of the molecule is CC(C)OCCNC(=O)c1c(O)c2nc(Cc3ccc(F)cc3)ccc2n(CCN2CCCCC2=O)c1=O. The molecule has 2 amide bonds. The molecule has 9 nitrogen and oxygen atoms in total. The summed E-state index contributed by atoms with van der Waals surface area (Å²) in [4.78, 5) is 45.1. The molecular formula is C28H33FN4O5. The van der Waals surface area contributed by atoms with Crippen LogP contribution in [0.25, 0.3) is 11.0 Å². The molecule has 3 heterocycles. The van der Waals surface area contributed by atoms with Crippen molar-refractivity contribution in [3.63, 3.8) is 0 Å². The minimum absolute atomic E-state index is 0.0144. The van der Waals surface area contributed by atoms with Crippen molar-refractivity contribution < 1.29 is 23.8 Å². The Balaban J connectivity index is 1.70. The third-order valence-electron chi connectivity index (χ3n) is 6.52. The molecule has 1 saturated heterocycles. The molecule has 0 bridgehead atoms. The third kappa shape index (κ3) is 6.36. The largest absolute Gasteiger partial charge is 0.505 e. The summed E-state index contributed by atoms with van der Waals surface area (Å²) in [6.07, 6.45) is 2.58. The number of pyridine rings is 2. The molecule has 1 aromatic carbocycles. The summed E-state index contributed by atoms with van der Waals surface area (Å²) in [5, 5.41) is 13.7. The normalized spacial score (nSPS) is 13.9. The molecule has 4 rings (SSSR count). The van der Waals surface area contributed by atoms with E-state index in [1.807, 2.05) is 13.8 Å². The third-order valence-corrected chi connectivity index (χ3v) is 6.52. The van der Waals surface area contributed by atoms with Crippen molar-refractivity contribution >= 4 is 22.8 Å². The number of amides is 2. The van der Waals surface area contributed by atoms with Crippen molar-refractivity contribution in [2.75, 3.05) is 26.2 Å². The number of carbonyl (C=O) groups excluding carboxylic acids is 2. The number of nitrogens with one attached hydrogen (secondary N) is 1. The molecule has 202 valence electrons. The second kappa shape index (κ2) is 12.2. The first-order valence-corrected chi connectivity index (χ1v) is 12.9. The first-order valence-electron chi connectivity index (χ1n) is 12.9. The molecule has 1 aliphatic rings. The van der Waals surface area contributed by atoms with Crippen molar-refractivity contribution in [2.45, 2.75) is 52.2 Å². The molecule has 0 radical (unpaired) electrons. The number of halogens is 1. The van der Waals surface area contributed by atoms with Crippen molar-refractivity contribution in [3.05, 3.63) is 69.4 Å². The maximum absolute atomic E-state index is 13.5. The molecule has 10 heteroatoms. The molecule has 3 aromatic rings. The second-order valence-electron chi connectivity index (χ2n) is 9.67. The molecule has 0 saturated carbocycles. The summed E-state index contributed by atoms with van der Waals surface area (Å²) in [6.45, 7) is 5.23. The number of aromatic nitrogens is 2. The van der Waals surface area contributed by atoms with E-state index < -0.39 is 22.8 Å². The summed E-state index contributed by atoms with van der Waals surface area (Å²) in [6, 6.07) is 9.43. The Bertz CT molecular complexity index is 1370. The number of carbonyl (C=O) groups is 2. The van der Waals surface area contributed by atoms with Crippen LogP contribution in [0.3, 0.4) is 0 Å². The summed E-state index contributed by atoms with van der Waals surface area (Å²) >= 11 is 0. The lowest BCUT2D eigenvalue weighted by Crippen LogP contribution is -2.40. The van der Waals surface area contributed by atoms with Gasteiger partial charge in [0.1, 0.15) is 16.9 Å². The van der Waals surface area contributed by atoms with Gasteiger partial charge in [-0.2, -0.15) is 0 Å². The Hall–Kier alpha value is -3.79. The minimum Gasteiger partial charge on any atom is -0.505 e. The van der Waals surface area contributed by atoms with Crippen molar-refractivity contribution in [1.82, 2.24) is 19.8 Å². The number of rotatable bonds is 10. The highest BCUT2D eigenvalue weighted by molar-refractivity contribution is 6.01. The molecule has 2 aromatic heterocycles. The monoisotopic (exact) mass is 524 g/mol.